The molecule has 0 spiro atoms. The minimum Gasteiger partial charge on any atom is -0.349 e. The second kappa shape index (κ2) is 5.50. The van der Waals surface area contributed by atoms with Gasteiger partial charge in [-0.3, -0.25) is 4.79 Å². The van der Waals surface area contributed by atoms with Crippen LogP contribution < -0.4 is 5.32 Å². The van der Waals surface area contributed by atoms with Crippen molar-refractivity contribution in [2.45, 2.75) is 37.1 Å². The van der Waals surface area contributed by atoms with Crippen LogP contribution in [0.2, 0.25) is 0 Å². The van der Waals surface area contributed by atoms with Gasteiger partial charge in [0.25, 0.3) is 5.91 Å². The lowest BCUT2D eigenvalue weighted by Crippen LogP contribution is -2.37. The first kappa shape index (κ1) is 12.4. The Kier molecular flexibility index (Phi) is 4.00. The van der Waals surface area contributed by atoms with Gasteiger partial charge in [-0.05, 0) is 43.9 Å². The van der Waals surface area contributed by atoms with E-state index in [1.54, 1.807) is 12.1 Å². The number of benzene rings is 1. The van der Waals surface area contributed by atoms with Gasteiger partial charge in [0, 0.05) is 17.0 Å². The van der Waals surface area contributed by atoms with Crippen molar-refractivity contribution in [2.24, 2.45) is 0 Å². The number of nitrogens with one attached hydrogen (secondary N) is 1. The zero-order valence-electron chi connectivity index (χ0n) is 9.46. The molecule has 2 rings (SSSR count). The number of hydrogen-bond acceptors (Lipinski definition) is 1. The Balaban J connectivity index is 1.93. The number of carbonyl (C=O) groups is 1. The molecule has 2 nitrogen and oxygen atoms in total. The van der Waals surface area contributed by atoms with Gasteiger partial charge < -0.3 is 5.32 Å². The standard InChI is InChI=1S/C13H15ClFNO/c14-10-4-6-12(7-5-10)16-13(17)9-2-1-3-11(15)8-9/h1-3,8,10,12H,4-7H2,(H,16,17). The topological polar surface area (TPSA) is 29.1 Å². The molecule has 1 amide bonds. The highest BCUT2D eigenvalue weighted by molar-refractivity contribution is 6.20. The van der Waals surface area contributed by atoms with E-state index in [4.69, 9.17) is 11.6 Å². The Morgan fingerprint density at radius 3 is 2.65 bits per heavy atom. The van der Waals surface area contributed by atoms with Gasteiger partial charge in [0.2, 0.25) is 0 Å². The third-order valence-electron chi connectivity index (χ3n) is 3.08. The summed E-state index contributed by atoms with van der Waals surface area (Å²) in [6, 6.07) is 5.91. The minimum absolute atomic E-state index is 0.167. The molecule has 0 aliphatic heterocycles. The van der Waals surface area contributed by atoms with Crippen molar-refractivity contribution in [1.29, 1.82) is 0 Å². The fourth-order valence-electron chi connectivity index (χ4n) is 2.10. The Bertz CT molecular complexity index is 402. The first-order chi connectivity index (χ1) is 8.15. The van der Waals surface area contributed by atoms with Crippen molar-refractivity contribution in [1.82, 2.24) is 5.32 Å². The molecule has 17 heavy (non-hydrogen) atoms. The number of hydrogen-bond donors (Lipinski definition) is 1. The zero-order chi connectivity index (χ0) is 12.3. The monoisotopic (exact) mass is 255 g/mol. The van der Waals surface area contributed by atoms with Crippen LogP contribution in [-0.2, 0) is 0 Å². The van der Waals surface area contributed by atoms with Crippen molar-refractivity contribution >= 4 is 17.5 Å². The van der Waals surface area contributed by atoms with Gasteiger partial charge >= 0.3 is 0 Å². The maximum absolute atomic E-state index is 13.0. The van der Waals surface area contributed by atoms with Gasteiger partial charge in [-0.25, -0.2) is 4.39 Å². The maximum atomic E-state index is 13.0. The van der Waals surface area contributed by atoms with Crippen molar-refractivity contribution in [3.8, 4) is 0 Å². The van der Waals surface area contributed by atoms with Crippen molar-refractivity contribution in [3.05, 3.63) is 35.6 Å². The Labute approximate surface area is 105 Å². The first-order valence-corrected chi connectivity index (χ1v) is 6.29. The summed E-state index contributed by atoms with van der Waals surface area (Å²) in [5, 5.41) is 3.15. The number of halogens is 2. The van der Waals surface area contributed by atoms with E-state index in [1.807, 2.05) is 0 Å². The molecule has 1 aliphatic carbocycles. The van der Waals surface area contributed by atoms with Crippen LogP contribution in [0.15, 0.2) is 24.3 Å². The molecule has 1 N–H and O–H groups in total. The average molecular weight is 256 g/mol. The summed E-state index contributed by atoms with van der Waals surface area (Å²) in [4.78, 5) is 11.8. The quantitative estimate of drug-likeness (QED) is 0.809. The third kappa shape index (κ3) is 3.43. The van der Waals surface area contributed by atoms with E-state index in [2.05, 4.69) is 5.32 Å². The van der Waals surface area contributed by atoms with Crippen LogP contribution in [0.1, 0.15) is 36.0 Å². The molecule has 0 atom stereocenters. The summed E-state index contributed by atoms with van der Waals surface area (Å²) in [6.45, 7) is 0. The predicted octanol–water partition coefficient (Wildman–Crippen LogP) is 3.11. The minimum atomic E-state index is -0.387. The van der Waals surface area contributed by atoms with Crippen LogP contribution >= 0.6 is 11.6 Å². The summed E-state index contributed by atoms with van der Waals surface area (Å²) in [5.41, 5.74) is 0.373. The molecule has 4 heteroatoms. The lowest BCUT2D eigenvalue weighted by molar-refractivity contribution is 0.0927. The molecule has 0 aromatic heterocycles. The number of amides is 1. The maximum Gasteiger partial charge on any atom is 0.251 e. The van der Waals surface area contributed by atoms with E-state index in [0.29, 0.717) is 5.56 Å². The summed E-state index contributed by atoms with van der Waals surface area (Å²) >= 11 is 5.99. The van der Waals surface area contributed by atoms with E-state index in [1.165, 1.54) is 12.1 Å². The van der Waals surface area contributed by atoms with Crippen LogP contribution in [0.5, 0.6) is 0 Å². The molecule has 0 saturated heterocycles. The molecule has 0 unspecified atom stereocenters. The molecule has 92 valence electrons. The second-order valence-electron chi connectivity index (χ2n) is 4.43. The SMILES string of the molecule is O=C(NC1CCC(Cl)CC1)c1cccc(F)c1. The summed E-state index contributed by atoms with van der Waals surface area (Å²) in [5.74, 6) is -0.593. The normalized spacial score (nSPS) is 24.4. The van der Waals surface area contributed by atoms with E-state index in [0.717, 1.165) is 25.7 Å². The van der Waals surface area contributed by atoms with Crippen LogP contribution in [0.3, 0.4) is 0 Å². The fourth-order valence-corrected chi connectivity index (χ4v) is 2.35. The van der Waals surface area contributed by atoms with Crippen molar-refractivity contribution in [2.75, 3.05) is 0 Å². The molecule has 0 heterocycles. The molecule has 1 aromatic rings. The predicted molar refractivity (Wildman–Crippen MR) is 65.8 cm³/mol. The van der Waals surface area contributed by atoms with E-state index >= 15 is 0 Å². The van der Waals surface area contributed by atoms with Gasteiger partial charge in [0.1, 0.15) is 5.82 Å². The Hall–Kier alpha value is -1.09. The lowest BCUT2D eigenvalue weighted by atomic mass is 9.95. The molecule has 0 radical (unpaired) electrons. The number of carbonyl (C=O) groups excluding carboxylic acids is 1. The number of rotatable bonds is 2. The van der Waals surface area contributed by atoms with E-state index in [-0.39, 0.29) is 23.1 Å². The van der Waals surface area contributed by atoms with Gasteiger partial charge in [-0.2, -0.15) is 0 Å². The Morgan fingerprint density at radius 2 is 2.00 bits per heavy atom. The van der Waals surface area contributed by atoms with Gasteiger partial charge in [-0.15, -0.1) is 11.6 Å². The molecule has 0 bridgehead atoms. The lowest BCUT2D eigenvalue weighted by Gasteiger charge is -2.25. The summed E-state index contributed by atoms with van der Waals surface area (Å²) in [7, 11) is 0. The number of alkyl halides is 1. The van der Waals surface area contributed by atoms with Crippen LogP contribution in [0, 0.1) is 5.82 Å². The highest BCUT2D eigenvalue weighted by Gasteiger charge is 2.21. The molecular weight excluding hydrogens is 241 g/mol. The zero-order valence-corrected chi connectivity index (χ0v) is 10.2. The summed E-state index contributed by atoms with van der Waals surface area (Å²) < 4.78 is 13.0. The summed E-state index contributed by atoms with van der Waals surface area (Å²) in [6.07, 6.45) is 3.65. The smallest absolute Gasteiger partial charge is 0.251 e. The van der Waals surface area contributed by atoms with Crippen molar-refractivity contribution < 1.29 is 9.18 Å². The highest BCUT2D eigenvalue weighted by atomic mass is 35.5. The van der Waals surface area contributed by atoms with Crippen LogP contribution in [0.25, 0.3) is 0 Å². The van der Waals surface area contributed by atoms with Crippen molar-refractivity contribution in [3.63, 3.8) is 0 Å². The molecule has 1 saturated carbocycles. The molecule has 1 aliphatic rings. The molecular formula is C13H15ClFNO. The fraction of sp³-hybridized carbons (Fsp3) is 0.462. The average Bonchev–Trinajstić information content (AvgIpc) is 2.32. The van der Waals surface area contributed by atoms with Gasteiger partial charge in [0.15, 0.2) is 0 Å². The first-order valence-electron chi connectivity index (χ1n) is 5.85. The van der Waals surface area contributed by atoms with Crippen LogP contribution in [-0.4, -0.2) is 17.3 Å². The molecule has 1 fully saturated rings. The van der Waals surface area contributed by atoms with E-state index < -0.39 is 0 Å². The van der Waals surface area contributed by atoms with Gasteiger partial charge in [-0.1, -0.05) is 6.07 Å². The largest absolute Gasteiger partial charge is 0.349 e. The van der Waals surface area contributed by atoms with E-state index in [9.17, 15) is 9.18 Å². The van der Waals surface area contributed by atoms with Crippen LogP contribution in [0.4, 0.5) is 4.39 Å². The Morgan fingerprint density at radius 1 is 1.29 bits per heavy atom. The second-order valence-corrected chi connectivity index (χ2v) is 5.05. The van der Waals surface area contributed by atoms with Gasteiger partial charge in [0.05, 0.1) is 0 Å². The highest BCUT2D eigenvalue weighted by Crippen LogP contribution is 2.23. The molecule has 1 aromatic carbocycles. The third-order valence-corrected chi connectivity index (χ3v) is 3.52.